The van der Waals surface area contributed by atoms with E-state index in [9.17, 15) is 9.59 Å². The predicted molar refractivity (Wildman–Crippen MR) is 78.9 cm³/mol. The minimum absolute atomic E-state index is 0.00342. The smallest absolute Gasteiger partial charge is 0.310 e. The van der Waals surface area contributed by atoms with Crippen LogP contribution in [0.3, 0.4) is 0 Å². The molecule has 0 radical (unpaired) electrons. The molecule has 1 atom stereocenters. The van der Waals surface area contributed by atoms with Crippen LogP contribution in [0.25, 0.3) is 0 Å². The molecule has 3 rings (SSSR count). The van der Waals surface area contributed by atoms with E-state index in [2.05, 4.69) is 4.98 Å². The average molecular weight is 299 g/mol. The number of carboxylic acids is 1. The largest absolute Gasteiger partial charge is 0.481 e. The van der Waals surface area contributed by atoms with Crippen LogP contribution in [0, 0.1) is 0 Å². The van der Waals surface area contributed by atoms with Crippen LogP contribution in [-0.4, -0.2) is 21.8 Å². The summed E-state index contributed by atoms with van der Waals surface area (Å²) in [6.45, 7) is 1.62. The molecule has 0 amide bonds. The van der Waals surface area contributed by atoms with Gasteiger partial charge in [0.1, 0.15) is 5.03 Å². The Morgan fingerprint density at radius 1 is 1.38 bits per heavy atom. The van der Waals surface area contributed by atoms with Gasteiger partial charge in [0.05, 0.1) is 5.92 Å². The second kappa shape index (κ2) is 5.33. The summed E-state index contributed by atoms with van der Waals surface area (Å²) in [5, 5.41) is 9.94. The molecule has 0 bridgehead atoms. The zero-order valence-corrected chi connectivity index (χ0v) is 12.2. The van der Waals surface area contributed by atoms with E-state index in [-0.39, 0.29) is 5.78 Å². The first-order chi connectivity index (χ1) is 10.1. The lowest BCUT2D eigenvalue weighted by molar-refractivity contribution is -0.138. The molecule has 0 aliphatic carbocycles. The number of nitrogens with zero attached hydrogens (tertiary/aromatic N) is 1. The van der Waals surface area contributed by atoms with E-state index in [1.165, 1.54) is 11.8 Å². The Balaban J connectivity index is 2.06. The van der Waals surface area contributed by atoms with E-state index in [1.54, 1.807) is 25.3 Å². The molecule has 0 saturated heterocycles. The number of aliphatic carboxylic acids is 1. The fourth-order valence-corrected chi connectivity index (χ4v) is 3.30. The van der Waals surface area contributed by atoms with E-state index in [0.717, 1.165) is 15.5 Å². The van der Waals surface area contributed by atoms with Crippen molar-refractivity contribution in [3.63, 3.8) is 0 Å². The van der Waals surface area contributed by atoms with Crippen LogP contribution in [0.2, 0.25) is 0 Å². The maximum Gasteiger partial charge on any atom is 0.310 e. The van der Waals surface area contributed by atoms with Crippen LogP contribution in [0.4, 0.5) is 0 Å². The van der Waals surface area contributed by atoms with Crippen molar-refractivity contribution in [2.45, 2.75) is 29.2 Å². The number of carbonyl (C=O) groups excluding carboxylic acids is 1. The Bertz CT molecular complexity index is 742. The molecule has 2 aromatic rings. The third-order valence-corrected chi connectivity index (χ3v) is 4.72. The maximum absolute atomic E-state index is 12.4. The van der Waals surface area contributed by atoms with Gasteiger partial charge in [-0.25, -0.2) is 4.98 Å². The van der Waals surface area contributed by atoms with Crippen LogP contribution >= 0.6 is 11.8 Å². The monoisotopic (exact) mass is 299 g/mol. The van der Waals surface area contributed by atoms with Gasteiger partial charge in [-0.2, -0.15) is 0 Å². The summed E-state index contributed by atoms with van der Waals surface area (Å²) >= 11 is 1.46. The summed E-state index contributed by atoms with van der Waals surface area (Å²) in [7, 11) is 0. The first-order valence-electron chi connectivity index (χ1n) is 6.58. The topological polar surface area (TPSA) is 67.3 Å². The van der Waals surface area contributed by atoms with Crippen LogP contribution in [0.1, 0.15) is 34.3 Å². The summed E-state index contributed by atoms with van der Waals surface area (Å²) in [5.41, 5.74) is 2.15. The SMILES string of the molecule is CC(C(=O)O)c1ccc2c(c1)C(=O)Cc1cccnc1S2. The van der Waals surface area contributed by atoms with Crippen molar-refractivity contribution in [1.29, 1.82) is 0 Å². The molecule has 106 valence electrons. The zero-order valence-electron chi connectivity index (χ0n) is 11.4. The highest BCUT2D eigenvalue weighted by Crippen LogP contribution is 2.36. The second-order valence-electron chi connectivity index (χ2n) is 4.99. The highest BCUT2D eigenvalue weighted by molar-refractivity contribution is 7.99. The molecule has 4 nitrogen and oxygen atoms in total. The number of benzene rings is 1. The van der Waals surface area contributed by atoms with Gasteiger partial charge in [-0.05, 0) is 36.2 Å². The molecule has 0 fully saturated rings. The normalized spacial score (nSPS) is 14.8. The Morgan fingerprint density at radius 3 is 2.95 bits per heavy atom. The van der Waals surface area contributed by atoms with Crippen molar-refractivity contribution >= 4 is 23.5 Å². The van der Waals surface area contributed by atoms with Crippen molar-refractivity contribution in [3.05, 3.63) is 53.2 Å². The number of hydrogen-bond donors (Lipinski definition) is 1. The van der Waals surface area contributed by atoms with Gasteiger partial charge in [0.15, 0.2) is 5.78 Å². The number of rotatable bonds is 2. The number of fused-ring (bicyclic) bond motifs is 2. The maximum atomic E-state index is 12.4. The lowest BCUT2D eigenvalue weighted by Gasteiger charge is -2.10. The zero-order chi connectivity index (χ0) is 15.0. The first-order valence-corrected chi connectivity index (χ1v) is 7.39. The molecule has 1 aliphatic heterocycles. The molecule has 2 heterocycles. The highest BCUT2D eigenvalue weighted by atomic mass is 32.2. The second-order valence-corrected chi connectivity index (χ2v) is 6.02. The van der Waals surface area contributed by atoms with Crippen molar-refractivity contribution in [2.24, 2.45) is 0 Å². The number of aromatic nitrogens is 1. The van der Waals surface area contributed by atoms with E-state index >= 15 is 0 Å². The fraction of sp³-hybridized carbons (Fsp3) is 0.188. The molecule has 1 N–H and O–H groups in total. The third kappa shape index (κ3) is 2.56. The first kappa shape index (κ1) is 13.8. The van der Waals surface area contributed by atoms with E-state index in [1.807, 2.05) is 18.2 Å². The van der Waals surface area contributed by atoms with Crippen molar-refractivity contribution in [2.75, 3.05) is 0 Å². The molecule has 1 aliphatic rings. The molecular formula is C16H13NO3S. The van der Waals surface area contributed by atoms with Gasteiger partial charge in [0.2, 0.25) is 0 Å². The highest BCUT2D eigenvalue weighted by Gasteiger charge is 2.23. The van der Waals surface area contributed by atoms with Gasteiger partial charge in [0, 0.05) is 23.1 Å². The van der Waals surface area contributed by atoms with Crippen LogP contribution in [0.15, 0.2) is 46.5 Å². The molecule has 1 aromatic carbocycles. The van der Waals surface area contributed by atoms with Gasteiger partial charge in [-0.3, -0.25) is 9.59 Å². The number of pyridine rings is 1. The van der Waals surface area contributed by atoms with Gasteiger partial charge in [-0.1, -0.05) is 23.9 Å². The Morgan fingerprint density at radius 2 is 2.19 bits per heavy atom. The minimum atomic E-state index is -0.895. The van der Waals surface area contributed by atoms with E-state index < -0.39 is 11.9 Å². The van der Waals surface area contributed by atoms with Gasteiger partial charge in [-0.15, -0.1) is 0 Å². The number of carboxylic acid groups (broad SMARTS) is 1. The Labute approximate surface area is 126 Å². The fourth-order valence-electron chi connectivity index (χ4n) is 2.29. The standard InChI is InChI=1S/C16H13NO3S/c1-9(16(19)20)10-4-5-14-12(7-10)13(18)8-11-3-2-6-17-15(11)21-14/h2-7,9H,8H2,1H3,(H,19,20). The van der Waals surface area contributed by atoms with Gasteiger partial charge in [0.25, 0.3) is 0 Å². The number of Topliss-reactive ketones (excluding diaryl/α,β-unsaturated/α-hetero) is 1. The average Bonchev–Trinajstić information content (AvgIpc) is 2.62. The minimum Gasteiger partial charge on any atom is -0.481 e. The van der Waals surface area contributed by atoms with Gasteiger partial charge < -0.3 is 5.11 Å². The van der Waals surface area contributed by atoms with Crippen LogP contribution in [-0.2, 0) is 11.2 Å². The van der Waals surface area contributed by atoms with Crippen molar-refractivity contribution < 1.29 is 14.7 Å². The van der Waals surface area contributed by atoms with Crippen molar-refractivity contribution in [3.8, 4) is 0 Å². The third-order valence-electron chi connectivity index (χ3n) is 3.58. The Hall–Kier alpha value is -2.14. The summed E-state index contributed by atoms with van der Waals surface area (Å²) in [4.78, 5) is 28.7. The summed E-state index contributed by atoms with van der Waals surface area (Å²) in [5.74, 6) is -1.52. The lowest BCUT2D eigenvalue weighted by atomic mass is 9.96. The Kier molecular flexibility index (Phi) is 3.51. The van der Waals surface area contributed by atoms with Gasteiger partial charge >= 0.3 is 5.97 Å². The molecule has 1 aromatic heterocycles. The van der Waals surface area contributed by atoms with E-state index in [0.29, 0.717) is 17.5 Å². The molecule has 1 unspecified atom stereocenters. The summed E-state index contributed by atoms with van der Waals surface area (Å²) in [6, 6.07) is 9.01. The van der Waals surface area contributed by atoms with E-state index in [4.69, 9.17) is 5.11 Å². The predicted octanol–water partition coefficient (Wildman–Crippen LogP) is 3.16. The quantitative estimate of drug-likeness (QED) is 0.922. The molecule has 21 heavy (non-hydrogen) atoms. The number of hydrogen-bond acceptors (Lipinski definition) is 4. The summed E-state index contributed by atoms with van der Waals surface area (Å²) < 4.78 is 0. The summed E-state index contributed by atoms with van der Waals surface area (Å²) in [6.07, 6.45) is 2.01. The van der Waals surface area contributed by atoms with Crippen molar-refractivity contribution in [1.82, 2.24) is 4.98 Å². The molecule has 5 heteroatoms. The van der Waals surface area contributed by atoms with Crippen LogP contribution in [0.5, 0.6) is 0 Å². The number of ketones is 1. The molecule has 0 spiro atoms. The molecule has 0 saturated carbocycles. The number of carbonyl (C=O) groups is 2. The lowest BCUT2D eigenvalue weighted by Crippen LogP contribution is -2.10. The van der Waals surface area contributed by atoms with Crippen LogP contribution < -0.4 is 0 Å². The molecular weight excluding hydrogens is 286 g/mol.